The van der Waals surface area contributed by atoms with Crippen LogP contribution in [0.5, 0.6) is 5.75 Å². The van der Waals surface area contributed by atoms with Crippen LogP contribution in [-0.4, -0.2) is 24.1 Å². The highest BCUT2D eigenvalue weighted by Crippen LogP contribution is 2.23. The Morgan fingerprint density at radius 3 is 2.88 bits per heavy atom. The molecule has 3 nitrogen and oxygen atoms in total. The smallest absolute Gasteiger partial charge is 0.136 e. The van der Waals surface area contributed by atoms with Crippen molar-refractivity contribution in [3.63, 3.8) is 0 Å². The molecule has 0 aliphatic carbocycles. The van der Waals surface area contributed by atoms with Gasteiger partial charge in [0, 0.05) is 11.0 Å². The summed E-state index contributed by atoms with van der Waals surface area (Å²) in [5.41, 5.74) is 1.62. The van der Waals surface area contributed by atoms with Gasteiger partial charge in [-0.25, -0.2) is 0 Å². The number of thioether (sulfide) groups is 1. The van der Waals surface area contributed by atoms with Gasteiger partial charge < -0.3 is 9.84 Å². The third-order valence-corrected chi connectivity index (χ3v) is 3.39. The Balaban J connectivity index is 2.72. The van der Waals surface area contributed by atoms with Crippen LogP contribution in [0.2, 0.25) is 0 Å². The van der Waals surface area contributed by atoms with Crippen LogP contribution in [0.4, 0.5) is 0 Å². The highest BCUT2D eigenvalue weighted by Gasteiger charge is 2.05. The fourth-order valence-electron chi connectivity index (χ4n) is 1.22. The first-order valence-corrected chi connectivity index (χ1v) is 6.05. The molecule has 1 unspecified atom stereocenters. The molecule has 1 atom stereocenters. The fraction of sp³-hybridized carbons (Fsp3) is 0.417. The van der Waals surface area contributed by atoms with Crippen molar-refractivity contribution in [3.05, 3.63) is 29.3 Å². The van der Waals surface area contributed by atoms with E-state index >= 15 is 0 Å². The predicted octanol–water partition coefficient (Wildman–Crippen LogP) is 2.18. The number of rotatable bonds is 5. The lowest BCUT2D eigenvalue weighted by Crippen LogP contribution is -2.02. The minimum atomic E-state index is 0.173. The Kier molecular flexibility index (Phi) is 5.17. The first kappa shape index (κ1) is 12.9. The summed E-state index contributed by atoms with van der Waals surface area (Å²) < 4.78 is 5.07. The van der Waals surface area contributed by atoms with Gasteiger partial charge in [0.15, 0.2) is 0 Å². The van der Waals surface area contributed by atoms with E-state index in [1.165, 1.54) is 0 Å². The van der Waals surface area contributed by atoms with Crippen LogP contribution in [0.1, 0.15) is 18.1 Å². The SMILES string of the molecule is COc1ccc(CSC(C)CO)cc1C#N. The zero-order valence-electron chi connectivity index (χ0n) is 9.43. The summed E-state index contributed by atoms with van der Waals surface area (Å²) in [6.07, 6.45) is 0. The molecule has 0 bridgehead atoms. The Bertz CT molecular complexity index is 387. The third kappa shape index (κ3) is 3.44. The van der Waals surface area contributed by atoms with Crippen molar-refractivity contribution < 1.29 is 9.84 Å². The highest BCUT2D eigenvalue weighted by molar-refractivity contribution is 7.99. The molecular formula is C12H15NO2S. The third-order valence-electron chi connectivity index (χ3n) is 2.18. The molecule has 4 heteroatoms. The fourth-order valence-corrected chi connectivity index (χ4v) is 1.99. The van der Waals surface area contributed by atoms with E-state index in [-0.39, 0.29) is 11.9 Å². The van der Waals surface area contributed by atoms with E-state index in [2.05, 4.69) is 6.07 Å². The normalized spacial score (nSPS) is 11.9. The number of nitriles is 1. The molecule has 0 heterocycles. The van der Waals surface area contributed by atoms with Crippen LogP contribution in [0.25, 0.3) is 0 Å². The number of hydrogen-bond acceptors (Lipinski definition) is 4. The predicted molar refractivity (Wildman–Crippen MR) is 65.6 cm³/mol. The molecule has 1 aromatic carbocycles. The number of benzene rings is 1. The minimum Gasteiger partial charge on any atom is -0.495 e. The number of hydrogen-bond donors (Lipinski definition) is 1. The van der Waals surface area contributed by atoms with Crippen LogP contribution in [-0.2, 0) is 5.75 Å². The molecule has 0 saturated heterocycles. The lowest BCUT2D eigenvalue weighted by Gasteiger charge is -2.09. The van der Waals surface area contributed by atoms with Gasteiger partial charge in [0.05, 0.1) is 19.3 Å². The van der Waals surface area contributed by atoms with Crippen molar-refractivity contribution in [1.82, 2.24) is 0 Å². The minimum absolute atomic E-state index is 0.173. The lowest BCUT2D eigenvalue weighted by molar-refractivity contribution is 0.300. The van der Waals surface area contributed by atoms with Crippen molar-refractivity contribution in [1.29, 1.82) is 5.26 Å². The Morgan fingerprint density at radius 2 is 2.31 bits per heavy atom. The molecule has 0 spiro atoms. The van der Waals surface area contributed by atoms with Gasteiger partial charge in [-0.15, -0.1) is 0 Å². The van der Waals surface area contributed by atoms with Gasteiger partial charge in [0.2, 0.25) is 0 Å². The number of methoxy groups -OCH3 is 1. The van der Waals surface area contributed by atoms with Gasteiger partial charge in [-0.3, -0.25) is 0 Å². The van der Waals surface area contributed by atoms with Crippen molar-refractivity contribution >= 4 is 11.8 Å². The monoisotopic (exact) mass is 237 g/mol. The molecule has 0 aliphatic heterocycles. The maximum atomic E-state index is 8.92. The summed E-state index contributed by atoms with van der Waals surface area (Å²) in [5, 5.41) is 18.0. The van der Waals surface area contributed by atoms with Gasteiger partial charge in [0.25, 0.3) is 0 Å². The zero-order chi connectivity index (χ0) is 12.0. The largest absolute Gasteiger partial charge is 0.495 e. The maximum Gasteiger partial charge on any atom is 0.136 e. The number of nitrogens with zero attached hydrogens (tertiary/aromatic N) is 1. The van der Waals surface area contributed by atoms with Gasteiger partial charge in [0.1, 0.15) is 11.8 Å². The van der Waals surface area contributed by atoms with E-state index in [9.17, 15) is 0 Å². The molecule has 86 valence electrons. The molecule has 1 aromatic rings. The highest BCUT2D eigenvalue weighted by atomic mass is 32.2. The second-order valence-electron chi connectivity index (χ2n) is 3.45. The van der Waals surface area contributed by atoms with Gasteiger partial charge in [-0.1, -0.05) is 13.0 Å². The molecule has 0 aliphatic rings. The van der Waals surface area contributed by atoms with Crippen molar-refractivity contribution in [2.75, 3.05) is 13.7 Å². The molecule has 0 fully saturated rings. The van der Waals surface area contributed by atoms with E-state index in [1.54, 1.807) is 24.9 Å². The zero-order valence-corrected chi connectivity index (χ0v) is 10.3. The second-order valence-corrected chi connectivity index (χ2v) is 4.88. The van der Waals surface area contributed by atoms with Gasteiger partial charge >= 0.3 is 0 Å². The Morgan fingerprint density at radius 1 is 1.56 bits per heavy atom. The standard InChI is InChI=1S/C12H15NO2S/c1-9(7-14)16-8-10-3-4-12(15-2)11(5-10)6-13/h3-5,9,14H,7-8H2,1-2H3. The number of ether oxygens (including phenoxy) is 1. The van der Waals surface area contributed by atoms with E-state index in [0.29, 0.717) is 11.3 Å². The van der Waals surface area contributed by atoms with Gasteiger partial charge in [-0.05, 0) is 17.7 Å². The van der Waals surface area contributed by atoms with E-state index in [0.717, 1.165) is 11.3 Å². The molecular weight excluding hydrogens is 222 g/mol. The van der Waals surface area contributed by atoms with Crippen LogP contribution in [0.3, 0.4) is 0 Å². The van der Waals surface area contributed by atoms with Crippen molar-refractivity contribution in [3.8, 4) is 11.8 Å². The summed E-state index contributed by atoms with van der Waals surface area (Å²) in [7, 11) is 1.55. The Hall–Kier alpha value is -1.18. The quantitative estimate of drug-likeness (QED) is 0.852. The molecule has 16 heavy (non-hydrogen) atoms. The van der Waals surface area contributed by atoms with Crippen LogP contribution in [0.15, 0.2) is 18.2 Å². The average Bonchev–Trinajstić information content (AvgIpc) is 2.35. The number of aliphatic hydroxyl groups excluding tert-OH is 1. The Labute approximate surface area is 100 Å². The van der Waals surface area contributed by atoms with Crippen molar-refractivity contribution in [2.24, 2.45) is 0 Å². The topological polar surface area (TPSA) is 53.2 Å². The van der Waals surface area contributed by atoms with Crippen LogP contribution >= 0.6 is 11.8 Å². The molecule has 0 amide bonds. The first-order chi connectivity index (χ1) is 7.71. The van der Waals surface area contributed by atoms with Crippen molar-refractivity contribution in [2.45, 2.75) is 17.9 Å². The van der Waals surface area contributed by atoms with Gasteiger partial charge in [-0.2, -0.15) is 17.0 Å². The molecule has 0 radical (unpaired) electrons. The molecule has 0 aromatic heterocycles. The van der Waals surface area contributed by atoms with E-state index in [4.69, 9.17) is 15.1 Å². The molecule has 1 rings (SSSR count). The average molecular weight is 237 g/mol. The van der Waals surface area contributed by atoms with E-state index < -0.39 is 0 Å². The molecule has 1 N–H and O–H groups in total. The summed E-state index contributed by atoms with van der Waals surface area (Å²) in [4.78, 5) is 0. The van der Waals surface area contributed by atoms with Crippen LogP contribution in [0, 0.1) is 11.3 Å². The molecule has 0 saturated carbocycles. The maximum absolute atomic E-state index is 8.92. The summed E-state index contributed by atoms with van der Waals surface area (Å²) in [6, 6.07) is 7.68. The number of aliphatic hydroxyl groups is 1. The summed E-state index contributed by atoms with van der Waals surface area (Å²) >= 11 is 1.66. The first-order valence-electron chi connectivity index (χ1n) is 5.00. The summed E-state index contributed by atoms with van der Waals surface area (Å²) in [5.74, 6) is 1.40. The summed E-state index contributed by atoms with van der Waals surface area (Å²) in [6.45, 7) is 2.14. The second kappa shape index (κ2) is 6.41. The van der Waals surface area contributed by atoms with E-state index in [1.807, 2.05) is 19.1 Å². The van der Waals surface area contributed by atoms with Crippen LogP contribution < -0.4 is 4.74 Å². The lowest BCUT2D eigenvalue weighted by atomic mass is 10.1.